The Labute approximate surface area is 171 Å². The molecule has 9 heteroatoms. The van der Waals surface area contributed by atoms with Crippen LogP contribution >= 0.6 is 0 Å². The molecule has 0 bridgehead atoms. The number of rotatable bonds is 3. The highest BCUT2D eigenvalue weighted by atomic mass is 16.5. The van der Waals surface area contributed by atoms with E-state index in [2.05, 4.69) is 15.3 Å². The van der Waals surface area contributed by atoms with Crippen molar-refractivity contribution in [2.75, 3.05) is 19.5 Å². The molecule has 1 aliphatic heterocycles. The first-order valence-corrected chi connectivity index (χ1v) is 9.50. The number of carbonyl (C=O) groups is 1. The van der Waals surface area contributed by atoms with Crippen LogP contribution in [0, 0.1) is 5.41 Å². The number of carbonyl (C=O) groups excluding carboxylic acids is 1. The molecule has 9 nitrogen and oxygen atoms in total. The van der Waals surface area contributed by atoms with Crippen molar-refractivity contribution in [2.45, 2.75) is 32.6 Å². The summed E-state index contributed by atoms with van der Waals surface area (Å²) in [5.74, 6) is -0.473. The molecule has 2 heterocycles. The maximum absolute atomic E-state index is 13.2. The molecule has 4 rings (SSSR count). The minimum absolute atomic E-state index is 0.0824. The van der Waals surface area contributed by atoms with Gasteiger partial charge in [-0.25, -0.2) is 4.79 Å². The van der Waals surface area contributed by atoms with Gasteiger partial charge in [-0.2, -0.15) is 0 Å². The summed E-state index contributed by atoms with van der Waals surface area (Å²) in [6.07, 6.45) is 0.901. The summed E-state index contributed by atoms with van der Waals surface area (Å²) in [6, 6.07) is 3.14. The molecule has 0 saturated carbocycles. The minimum Gasteiger partial charge on any atom is -0.502 e. The van der Waals surface area contributed by atoms with Gasteiger partial charge in [0.2, 0.25) is 5.75 Å². The first kappa shape index (κ1) is 19.8. The van der Waals surface area contributed by atoms with Gasteiger partial charge in [0.05, 0.1) is 19.8 Å². The number of fused-ring (bicyclic) bond motifs is 1. The number of benzene rings is 1. The van der Waals surface area contributed by atoms with Crippen molar-refractivity contribution in [3.63, 3.8) is 0 Å². The van der Waals surface area contributed by atoms with Crippen LogP contribution < -0.4 is 26.0 Å². The van der Waals surface area contributed by atoms with Crippen LogP contribution in [0.2, 0.25) is 0 Å². The number of aromatic amines is 2. The lowest BCUT2D eigenvalue weighted by molar-refractivity contribution is -0.118. The summed E-state index contributed by atoms with van der Waals surface area (Å²) in [6.45, 7) is 3.99. The first-order valence-electron chi connectivity index (χ1n) is 9.50. The second-order valence-corrected chi connectivity index (χ2v) is 8.36. The molecule has 2 aliphatic rings. The predicted octanol–water partition coefficient (Wildman–Crippen LogP) is 1.99. The molecule has 0 fully saturated rings. The Morgan fingerprint density at radius 1 is 1.03 bits per heavy atom. The van der Waals surface area contributed by atoms with E-state index in [1.54, 1.807) is 12.1 Å². The number of ether oxygens (including phenoxy) is 2. The Balaban J connectivity index is 2.04. The summed E-state index contributed by atoms with van der Waals surface area (Å²) < 4.78 is 10.5. The number of allylic oxidation sites excluding steroid dienone is 2. The summed E-state index contributed by atoms with van der Waals surface area (Å²) in [5.41, 5.74) is 0.378. The van der Waals surface area contributed by atoms with Crippen LogP contribution in [-0.2, 0) is 4.79 Å². The molecule has 1 aromatic carbocycles. The molecule has 0 unspecified atom stereocenters. The smallest absolute Gasteiger partial charge is 0.327 e. The number of methoxy groups -OCH3 is 2. The third kappa shape index (κ3) is 3.06. The van der Waals surface area contributed by atoms with E-state index in [9.17, 15) is 19.5 Å². The largest absolute Gasteiger partial charge is 0.502 e. The third-order valence-corrected chi connectivity index (χ3v) is 5.59. The SMILES string of the molecule is COc1cc([C@H]2C3=C(CC(C)(C)CC3=O)Nc3[nH]c(=O)[nH]c(=O)c32)cc(OC)c1O. The average molecular weight is 413 g/mol. The third-order valence-electron chi connectivity index (χ3n) is 5.59. The zero-order valence-electron chi connectivity index (χ0n) is 17.1. The van der Waals surface area contributed by atoms with E-state index in [4.69, 9.17) is 9.47 Å². The molecular weight excluding hydrogens is 390 g/mol. The van der Waals surface area contributed by atoms with Gasteiger partial charge in [-0.15, -0.1) is 0 Å². The van der Waals surface area contributed by atoms with Crippen LogP contribution in [0.1, 0.15) is 43.7 Å². The van der Waals surface area contributed by atoms with Crippen molar-refractivity contribution in [2.24, 2.45) is 5.41 Å². The van der Waals surface area contributed by atoms with Crippen molar-refractivity contribution >= 4 is 11.6 Å². The molecule has 0 amide bonds. The number of Topliss-reactive ketones (excluding diaryl/α,β-unsaturated/α-hetero) is 1. The fraction of sp³-hybridized carbons (Fsp3) is 0.381. The zero-order chi connectivity index (χ0) is 21.8. The number of phenols is 1. The Morgan fingerprint density at radius 2 is 1.67 bits per heavy atom. The van der Waals surface area contributed by atoms with Gasteiger partial charge < -0.3 is 19.9 Å². The van der Waals surface area contributed by atoms with Crippen molar-refractivity contribution in [1.29, 1.82) is 0 Å². The summed E-state index contributed by atoms with van der Waals surface area (Å²) in [5, 5.41) is 13.4. The number of aromatic hydroxyl groups is 1. The Bertz CT molecular complexity index is 1180. The molecule has 4 N–H and O–H groups in total. The van der Waals surface area contributed by atoms with E-state index in [1.165, 1.54) is 14.2 Å². The second-order valence-electron chi connectivity index (χ2n) is 8.36. The molecule has 1 atom stereocenters. The van der Waals surface area contributed by atoms with Gasteiger partial charge in [0.1, 0.15) is 5.82 Å². The topological polar surface area (TPSA) is 134 Å². The van der Waals surface area contributed by atoms with E-state index in [-0.39, 0.29) is 39.8 Å². The van der Waals surface area contributed by atoms with Gasteiger partial charge >= 0.3 is 5.69 Å². The molecule has 1 aromatic heterocycles. The van der Waals surface area contributed by atoms with Gasteiger partial charge in [0, 0.05) is 23.6 Å². The van der Waals surface area contributed by atoms with Crippen molar-refractivity contribution in [1.82, 2.24) is 9.97 Å². The Morgan fingerprint density at radius 3 is 2.27 bits per heavy atom. The number of H-pyrrole nitrogens is 2. The fourth-order valence-electron chi connectivity index (χ4n) is 4.36. The molecule has 2 aromatic rings. The quantitative estimate of drug-likeness (QED) is 0.605. The van der Waals surface area contributed by atoms with Gasteiger partial charge in [0.25, 0.3) is 5.56 Å². The van der Waals surface area contributed by atoms with Crippen molar-refractivity contribution in [3.8, 4) is 17.2 Å². The second kappa shape index (κ2) is 6.79. The lowest BCUT2D eigenvalue weighted by Crippen LogP contribution is -2.38. The van der Waals surface area contributed by atoms with Crippen LogP contribution in [0.4, 0.5) is 5.82 Å². The summed E-state index contributed by atoms with van der Waals surface area (Å²) >= 11 is 0. The normalized spacial score (nSPS) is 19.6. The van der Waals surface area contributed by atoms with Gasteiger partial charge in [0.15, 0.2) is 17.3 Å². The number of nitrogens with one attached hydrogen (secondary N) is 3. The molecule has 30 heavy (non-hydrogen) atoms. The number of hydrogen-bond acceptors (Lipinski definition) is 7. The van der Waals surface area contributed by atoms with E-state index in [1.807, 2.05) is 13.8 Å². The average Bonchev–Trinajstić information content (AvgIpc) is 2.65. The molecule has 1 aliphatic carbocycles. The lowest BCUT2D eigenvalue weighted by Gasteiger charge is -2.38. The predicted molar refractivity (Wildman–Crippen MR) is 109 cm³/mol. The van der Waals surface area contributed by atoms with Crippen LogP contribution in [0.25, 0.3) is 0 Å². The van der Waals surface area contributed by atoms with Gasteiger partial charge in [-0.3, -0.25) is 19.6 Å². The van der Waals surface area contributed by atoms with Crippen molar-refractivity contribution in [3.05, 3.63) is 55.4 Å². The highest BCUT2D eigenvalue weighted by Crippen LogP contribution is 2.49. The van der Waals surface area contributed by atoms with Gasteiger partial charge in [-0.05, 0) is 29.5 Å². The maximum Gasteiger partial charge on any atom is 0.327 e. The van der Waals surface area contributed by atoms with E-state index in [0.717, 1.165) is 0 Å². The fourth-order valence-corrected chi connectivity index (χ4v) is 4.36. The van der Waals surface area contributed by atoms with Crippen LogP contribution in [0.15, 0.2) is 33.0 Å². The van der Waals surface area contributed by atoms with Crippen molar-refractivity contribution < 1.29 is 19.4 Å². The van der Waals surface area contributed by atoms with Crippen LogP contribution in [0.5, 0.6) is 17.2 Å². The summed E-state index contributed by atoms with van der Waals surface area (Å²) in [7, 11) is 2.80. The zero-order valence-corrected chi connectivity index (χ0v) is 17.1. The van der Waals surface area contributed by atoms with Crippen LogP contribution in [0.3, 0.4) is 0 Å². The molecule has 0 saturated heterocycles. The monoisotopic (exact) mass is 413 g/mol. The van der Waals surface area contributed by atoms with Crippen LogP contribution in [-0.4, -0.2) is 35.1 Å². The Kier molecular flexibility index (Phi) is 4.48. The van der Waals surface area contributed by atoms with E-state index in [0.29, 0.717) is 29.7 Å². The molecule has 158 valence electrons. The Hall–Kier alpha value is -3.49. The molecule has 0 radical (unpaired) electrons. The highest BCUT2D eigenvalue weighted by molar-refractivity contribution is 6.01. The minimum atomic E-state index is -0.760. The highest BCUT2D eigenvalue weighted by Gasteiger charge is 2.42. The molecule has 0 spiro atoms. The number of phenolic OH excluding ortho intramolecular Hbond substituents is 1. The number of anilines is 1. The maximum atomic E-state index is 13.2. The lowest BCUT2D eigenvalue weighted by atomic mass is 9.69. The standard InChI is InChI=1S/C21H23N3O6/c1-21(2)7-10-15(11(25)8-21)14(16-18(22-10)23-20(28)24-19(16)27)9-5-12(29-3)17(26)13(6-9)30-4/h5-6,14,26H,7-8H2,1-4H3,(H3,22,23,24,27,28)/t14-/m0/s1. The van der Waals surface area contributed by atoms with E-state index >= 15 is 0 Å². The number of ketones is 1. The molecular formula is C21H23N3O6. The van der Waals surface area contributed by atoms with Gasteiger partial charge in [-0.1, -0.05) is 13.8 Å². The number of hydrogen-bond donors (Lipinski definition) is 4. The first-order chi connectivity index (χ1) is 14.1. The van der Waals surface area contributed by atoms with E-state index < -0.39 is 17.2 Å². The number of aromatic nitrogens is 2. The summed E-state index contributed by atoms with van der Waals surface area (Å²) in [4.78, 5) is 42.8.